The second-order valence-corrected chi connectivity index (χ2v) is 11.7. The van der Waals surface area contributed by atoms with Crippen molar-refractivity contribution in [3.05, 3.63) is 22.8 Å². The highest BCUT2D eigenvalue weighted by molar-refractivity contribution is 6.32. The highest BCUT2D eigenvalue weighted by Crippen LogP contribution is 2.52. The van der Waals surface area contributed by atoms with E-state index in [2.05, 4.69) is 0 Å². The fourth-order valence-corrected chi connectivity index (χ4v) is 6.76. The molecule has 2 amide bonds. The Bertz CT molecular complexity index is 1340. The van der Waals surface area contributed by atoms with Crippen LogP contribution in [-0.2, 0) is 36.8 Å². The zero-order chi connectivity index (χ0) is 30.0. The number of anilines is 1. The second-order valence-electron chi connectivity index (χ2n) is 11.7. The molecule has 2 saturated carbocycles. The fourth-order valence-electron chi connectivity index (χ4n) is 6.76. The largest absolute Gasteiger partial charge is 0.507 e. The summed E-state index contributed by atoms with van der Waals surface area (Å²) in [5.74, 6) is -11.0. The molecule has 216 valence electrons. The van der Waals surface area contributed by atoms with Gasteiger partial charge in [0.05, 0.1) is 17.5 Å². The van der Waals surface area contributed by atoms with E-state index in [0.29, 0.717) is 16.8 Å². The first-order chi connectivity index (χ1) is 18.5. The molecule has 0 bridgehead atoms. The highest BCUT2D eigenvalue weighted by atomic mass is 16.3. The number of aryl methyl sites for hydroxylation is 1. The molecule has 4 rings (SSSR count). The Morgan fingerprint density at radius 3 is 2.20 bits per heavy atom. The van der Waals surface area contributed by atoms with Gasteiger partial charge in [0.1, 0.15) is 5.75 Å². The van der Waals surface area contributed by atoms with Gasteiger partial charge >= 0.3 is 0 Å². The van der Waals surface area contributed by atoms with Crippen molar-refractivity contribution in [2.75, 3.05) is 47.2 Å². The predicted molar refractivity (Wildman–Crippen MR) is 143 cm³/mol. The van der Waals surface area contributed by atoms with Gasteiger partial charge in [0, 0.05) is 46.2 Å². The third-order valence-electron chi connectivity index (χ3n) is 8.71. The first kappa shape index (κ1) is 29.3. The molecular formula is C28H36N4O8. The molecule has 1 aromatic carbocycles. The van der Waals surface area contributed by atoms with E-state index in [1.807, 2.05) is 0 Å². The lowest BCUT2D eigenvalue weighted by Crippen LogP contribution is -2.74. The van der Waals surface area contributed by atoms with Crippen molar-refractivity contribution in [3.8, 4) is 5.75 Å². The Morgan fingerprint density at radius 1 is 1.05 bits per heavy atom. The molecule has 0 saturated heterocycles. The summed E-state index contributed by atoms with van der Waals surface area (Å²) in [6.07, 6.45) is 0.375. The molecule has 3 aliphatic rings. The minimum atomic E-state index is -2.77. The SMILES string of the molecule is CN(C)C(=O)CCc1cc(N(C)C)c2c(c1O)C(=O)C1C(=O)[C@]3(O)C(=O)C(C(N)=O)C(=O)[C@H](N(C)C)[C@@H]3C[C@@H]1C2. The molecule has 6 atom stereocenters. The summed E-state index contributed by atoms with van der Waals surface area (Å²) in [6, 6.07) is 0.569. The van der Waals surface area contributed by atoms with Crippen molar-refractivity contribution < 1.29 is 39.0 Å². The van der Waals surface area contributed by atoms with Crippen LogP contribution >= 0.6 is 0 Å². The zero-order valence-corrected chi connectivity index (χ0v) is 23.6. The summed E-state index contributed by atoms with van der Waals surface area (Å²) in [4.78, 5) is 83.6. The van der Waals surface area contributed by atoms with Crippen LogP contribution in [0.15, 0.2) is 6.07 Å². The number of aliphatic hydroxyl groups is 1. The molecule has 3 aliphatic carbocycles. The predicted octanol–water partition coefficient (Wildman–Crippen LogP) is -1.05. The molecule has 0 aromatic heterocycles. The van der Waals surface area contributed by atoms with Gasteiger partial charge in [-0.1, -0.05) is 0 Å². The average molecular weight is 557 g/mol. The number of nitrogens with two attached hydrogens (primary N) is 1. The molecule has 0 spiro atoms. The van der Waals surface area contributed by atoms with Crippen LogP contribution in [0.25, 0.3) is 0 Å². The first-order valence-corrected chi connectivity index (χ1v) is 13.1. The number of nitrogens with zero attached hydrogens (tertiary/aromatic N) is 3. The van der Waals surface area contributed by atoms with Gasteiger partial charge in [-0.15, -0.1) is 0 Å². The fraction of sp³-hybridized carbons (Fsp3) is 0.571. The highest BCUT2D eigenvalue weighted by Gasteiger charge is 2.69. The van der Waals surface area contributed by atoms with Gasteiger partial charge in [0.25, 0.3) is 0 Å². The lowest BCUT2D eigenvalue weighted by atomic mass is 9.52. The van der Waals surface area contributed by atoms with Crippen molar-refractivity contribution in [2.24, 2.45) is 29.4 Å². The third-order valence-corrected chi connectivity index (χ3v) is 8.71. The Balaban J connectivity index is 1.85. The van der Waals surface area contributed by atoms with E-state index in [0.717, 1.165) is 0 Å². The lowest BCUT2D eigenvalue weighted by molar-refractivity contribution is -0.181. The number of phenolic OH excluding ortho intramolecular Hbond substituents is 1. The van der Waals surface area contributed by atoms with Crippen molar-refractivity contribution in [3.63, 3.8) is 0 Å². The number of likely N-dealkylation sites (N-methyl/N-ethyl adjacent to an activating group) is 1. The van der Waals surface area contributed by atoms with Gasteiger partial charge in [-0.05, 0) is 56.5 Å². The van der Waals surface area contributed by atoms with E-state index in [-0.39, 0.29) is 42.9 Å². The number of Topliss-reactive ketones (excluding diaryl/α,β-unsaturated/α-hetero) is 4. The number of rotatable bonds is 6. The molecule has 0 heterocycles. The number of aromatic hydroxyl groups is 1. The third kappa shape index (κ3) is 4.21. The van der Waals surface area contributed by atoms with Gasteiger partial charge < -0.3 is 25.7 Å². The molecule has 0 aliphatic heterocycles. The summed E-state index contributed by atoms with van der Waals surface area (Å²) in [5, 5.41) is 22.9. The minimum absolute atomic E-state index is 0.0172. The maximum absolute atomic E-state index is 14.0. The maximum atomic E-state index is 14.0. The first-order valence-electron chi connectivity index (χ1n) is 13.1. The number of amides is 2. The number of primary amides is 1. The van der Waals surface area contributed by atoms with Gasteiger partial charge in [0.2, 0.25) is 11.8 Å². The van der Waals surface area contributed by atoms with E-state index in [1.165, 1.54) is 9.80 Å². The average Bonchev–Trinajstić information content (AvgIpc) is 2.84. The van der Waals surface area contributed by atoms with Crippen molar-refractivity contribution in [1.82, 2.24) is 9.80 Å². The Morgan fingerprint density at radius 2 is 1.68 bits per heavy atom. The van der Waals surface area contributed by atoms with E-state index in [9.17, 15) is 39.0 Å². The van der Waals surface area contributed by atoms with Crippen LogP contribution in [0.4, 0.5) is 5.69 Å². The second kappa shape index (κ2) is 10.1. The molecule has 40 heavy (non-hydrogen) atoms. The van der Waals surface area contributed by atoms with Crippen molar-refractivity contribution >= 4 is 40.6 Å². The molecule has 1 aromatic rings. The number of hydrogen-bond donors (Lipinski definition) is 3. The Kier molecular flexibility index (Phi) is 7.39. The lowest BCUT2D eigenvalue weighted by Gasteiger charge is -2.52. The van der Waals surface area contributed by atoms with E-state index in [4.69, 9.17) is 5.73 Å². The monoisotopic (exact) mass is 556 g/mol. The summed E-state index contributed by atoms with van der Waals surface area (Å²) < 4.78 is 0. The minimum Gasteiger partial charge on any atom is -0.507 e. The number of ketones is 4. The smallest absolute Gasteiger partial charge is 0.235 e. The van der Waals surface area contributed by atoms with Gasteiger partial charge in [0.15, 0.2) is 34.7 Å². The molecule has 0 radical (unpaired) electrons. The van der Waals surface area contributed by atoms with Gasteiger partial charge in [-0.25, -0.2) is 0 Å². The molecule has 2 fully saturated rings. The number of carbonyl (C=O) groups is 6. The standard InChI is InChI=1S/C28H36N4O8/c1-30(2)16-11-12(7-8-17(33)31(3)4)22(34)19-14(16)9-13-10-15-21(32(5)6)24(36)20(27(29)39)26(38)28(15,40)25(37)18(13)23(19)35/h11,13,15,18,20-21,34,40H,7-10H2,1-6H3,(H2,29,39)/t13-,15-,18?,20?,21+,28-/m0/s1. The normalized spacial score (nSPS) is 29.6. The van der Waals surface area contributed by atoms with Crippen molar-refractivity contribution in [2.45, 2.75) is 37.3 Å². The van der Waals surface area contributed by atoms with Crippen LogP contribution in [0.5, 0.6) is 5.75 Å². The van der Waals surface area contributed by atoms with Crippen LogP contribution in [0.1, 0.15) is 34.3 Å². The number of benzene rings is 1. The number of carbonyl (C=O) groups excluding carboxylic acids is 6. The van der Waals surface area contributed by atoms with E-state index < -0.39 is 64.4 Å². The van der Waals surface area contributed by atoms with Crippen LogP contribution in [0, 0.1) is 23.7 Å². The number of phenols is 1. The molecular weight excluding hydrogens is 520 g/mol. The van der Waals surface area contributed by atoms with Crippen LogP contribution in [-0.4, -0.2) is 109 Å². The summed E-state index contributed by atoms with van der Waals surface area (Å²) in [5.41, 5.74) is 4.00. The quantitative estimate of drug-likeness (QED) is 0.366. The maximum Gasteiger partial charge on any atom is 0.235 e. The molecule has 12 heteroatoms. The van der Waals surface area contributed by atoms with Crippen LogP contribution in [0.3, 0.4) is 0 Å². The number of hydrogen-bond acceptors (Lipinski definition) is 10. The van der Waals surface area contributed by atoms with E-state index in [1.54, 1.807) is 53.3 Å². The van der Waals surface area contributed by atoms with Gasteiger partial charge in [-0.2, -0.15) is 0 Å². The van der Waals surface area contributed by atoms with Crippen LogP contribution < -0.4 is 10.6 Å². The summed E-state index contributed by atoms with van der Waals surface area (Å²) in [7, 11) is 9.85. The molecule has 4 N–H and O–H groups in total. The van der Waals surface area contributed by atoms with Crippen molar-refractivity contribution in [1.29, 1.82) is 0 Å². The van der Waals surface area contributed by atoms with E-state index >= 15 is 0 Å². The Labute approximate surface area is 232 Å². The molecule has 2 unspecified atom stereocenters. The van der Waals surface area contributed by atoms with Crippen LogP contribution in [0.2, 0.25) is 0 Å². The molecule has 12 nitrogen and oxygen atoms in total. The zero-order valence-electron chi connectivity index (χ0n) is 23.6. The summed E-state index contributed by atoms with van der Waals surface area (Å²) >= 11 is 0. The van der Waals surface area contributed by atoms with Gasteiger partial charge in [-0.3, -0.25) is 33.7 Å². The summed E-state index contributed by atoms with van der Waals surface area (Å²) in [6.45, 7) is 0. The topological polar surface area (TPSA) is 179 Å². The Hall–Kier alpha value is -3.64. The number of fused-ring (bicyclic) bond motifs is 3.